The van der Waals surface area contributed by atoms with Gasteiger partial charge in [-0.1, -0.05) is 19.9 Å². The molecule has 2 rings (SSSR count). The van der Waals surface area contributed by atoms with Gasteiger partial charge in [-0.15, -0.1) is 0 Å². The molecular weight excluding hydrogens is 242 g/mol. The zero-order valence-electron chi connectivity index (χ0n) is 11.8. The number of hydrogen-bond acceptors (Lipinski definition) is 3. The Labute approximate surface area is 114 Å². The van der Waals surface area contributed by atoms with E-state index in [1.54, 1.807) is 4.90 Å². The van der Waals surface area contributed by atoms with Gasteiger partial charge >= 0.3 is 0 Å². The highest BCUT2D eigenvalue weighted by Crippen LogP contribution is 2.32. The Morgan fingerprint density at radius 1 is 1.26 bits per heavy atom. The molecular formula is C15H21NO3. The summed E-state index contributed by atoms with van der Waals surface area (Å²) in [5.74, 6) is 1.88. The molecule has 0 saturated heterocycles. The molecule has 1 aliphatic rings. The fraction of sp³-hybridized carbons (Fsp3) is 0.533. The predicted molar refractivity (Wildman–Crippen MR) is 73.1 cm³/mol. The zero-order valence-corrected chi connectivity index (χ0v) is 11.8. The van der Waals surface area contributed by atoms with Crippen LogP contribution in [0, 0.1) is 5.92 Å². The Hall–Kier alpha value is -1.71. The summed E-state index contributed by atoms with van der Waals surface area (Å²) in [7, 11) is 1.85. The van der Waals surface area contributed by atoms with Crippen LogP contribution in [0.4, 0.5) is 0 Å². The Morgan fingerprint density at radius 3 is 2.63 bits per heavy atom. The van der Waals surface area contributed by atoms with Crippen LogP contribution in [0.3, 0.4) is 0 Å². The lowest BCUT2D eigenvalue weighted by Gasteiger charge is -2.22. The second-order valence-electron chi connectivity index (χ2n) is 4.90. The molecule has 0 atom stereocenters. The van der Waals surface area contributed by atoms with E-state index < -0.39 is 0 Å². The maximum Gasteiger partial charge on any atom is 0.231 e. The molecule has 0 saturated carbocycles. The third-order valence-electron chi connectivity index (χ3n) is 3.57. The van der Waals surface area contributed by atoms with Crippen molar-refractivity contribution in [2.45, 2.75) is 33.2 Å². The first-order valence-electron chi connectivity index (χ1n) is 6.79. The molecule has 0 N–H and O–H groups in total. The van der Waals surface area contributed by atoms with Gasteiger partial charge in [-0.25, -0.2) is 0 Å². The average Bonchev–Trinajstić information content (AvgIpc) is 2.87. The number of rotatable bonds is 5. The van der Waals surface area contributed by atoms with Crippen LogP contribution in [0.15, 0.2) is 18.2 Å². The maximum absolute atomic E-state index is 12.2. The molecule has 0 unspecified atom stereocenters. The number of carbonyl (C=O) groups excluding carboxylic acids is 1. The lowest BCUT2D eigenvalue weighted by Crippen LogP contribution is -2.32. The van der Waals surface area contributed by atoms with E-state index in [4.69, 9.17) is 9.47 Å². The highest BCUT2D eigenvalue weighted by Gasteiger charge is 2.19. The fourth-order valence-corrected chi connectivity index (χ4v) is 2.34. The average molecular weight is 263 g/mol. The summed E-state index contributed by atoms with van der Waals surface area (Å²) in [6.45, 7) is 4.99. The van der Waals surface area contributed by atoms with E-state index in [1.807, 2.05) is 25.2 Å². The van der Waals surface area contributed by atoms with Crippen molar-refractivity contribution in [3.63, 3.8) is 0 Å². The minimum absolute atomic E-state index is 0.124. The molecule has 0 bridgehead atoms. The van der Waals surface area contributed by atoms with Crippen LogP contribution < -0.4 is 9.47 Å². The van der Waals surface area contributed by atoms with Crippen LogP contribution >= 0.6 is 0 Å². The van der Waals surface area contributed by atoms with Gasteiger partial charge in [0, 0.05) is 19.5 Å². The summed E-state index contributed by atoms with van der Waals surface area (Å²) < 4.78 is 10.6. The SMILES string of the molecule is CCC(CC)C(=O)N(C)Cc1ccc2c(c1)OCO2. The molecule has 0 aliphatic carbocycles. The van der Waals surface area contributed by atoms with Crippen molar-refractivity contribution in [2.75, 3.05) is 13.8 Å². The largest absolute Gasteiger partial charge is 0.454 e. The number of hydrogen-bond donors (Lipinski definition) is 0. The second kappa shape index (κ2) is 5.95. The Kier molecular flexibility index (Phi) is 4.30. The van der Waals surface area contributed by atoms with E-state index in [-0.39, 0.29) is 18.6 Å². The van der Waals surface area contributed by atoms with Crippen LogP contribution in [0.5, 0.6) is 11.5 Å². The highest BCUT2D eigenvalue weighted by molar-refractivity contribution is 5.78. The van der Waals surface area contributed by atoms with E-state index in [9.17, 15) is 4.79 Å². The first-order valence-corrected chi connectivity index (χ1v) is 6.79. The molecule has 4 heteroatoms. The molecule has 1 aliphatic heterocycles. The number of amides is 1. The van der Waals surface area contributed by atoms with Crippen LogP contribution in [0.25, 0.3) is 0 Å². The summed E-state index contributed by atoms with van der Waals surface area (Å²) in [4.78, 5) is 14.0. The summed E-state index contributed by atoms with van der Waals surface area (Å²) in [5, 5.41) is 0. The van der Waals surface area contributed by atoms with E-state index >= 15 is 0 Å². The lowest BCUT2D eigenvalue weighted by molar-refractivity contribution is -0.134. The van der Waals surface area contributed by atoms with Crippen LogP contribution in [-0.4, -0.2) is 24.6 Å². The predicted octanol–water partition coefficient (Wildman–Crippen LogP) is 2.81. The van der Waals surface area contributed by atoms with Crippen molar-refractivity contribution < 1.29 is 14.3 Å². The summed E-state index contributed by atoms with van der Waals surface area (Å²) in [5.41, 5.74) is 1.06. The van der Waals surface area contributed by atoms with E-state index in [0.29, 0.717) is 6.54 Å². The fourth-order valence-electron chi connectivity index (χ4n) is 2.34. The van der Waals surface area contributed by atoms with Gasteiger partial charge in [0.25, 0.3) is 0 Å². The molecule has 0 spiro atoms. The quantitative estimate of drug-likeness (QED) is 0.820. The van der Waals surface area contributed by atoms with Gasteiger partial charge in [-0.05, 0) is 30.5 Å². The summed E-state index contributed by atoms with van der Waals surface area (Å²) in [6.07, 6.45) is 1.78. The first-order chi connectivity index (χ1) is 9.15. The minimum atomic E-state index is 0.124. The normalized spacial score (nSPS) is 12.8. The Morgan fingerprint density at radius 2 is 1.95 bits per heavy atom. The minimum Gasteiger partial charge on any atom is -0.454 e. The van der Waals surface area contributed by atoms with Gasteiger partial charge in [0.1, 0.15) is 0 Å². The van der Waals surface area contributed by atoms with Crippen LogP contribution in [0.1, 0.15) is 32.3 Å². The molecule has 0 radical (unpaired) electrons. The standard InChI is InChI=1S/C15H21NO3/c1-4-12(5-2)15(17)16(3)9-11-6-7-13-14(8-11)19-10-18-13/h6-8,12H,4-5,9-10H2,1-3H3. The maximum atomic E-state index is 12.2. The van der Waals surface area contributed by atoms with Gasteiger partial charge in [0.15, 0.2) is 11.5 Å². The number of carbonyl (C=O) groups is 1. The Balaban J connectivity index is 2.02. The van der Waals surface area contributed by atoms with E-state index in [2.05, 4.69) is 13.8 Å². The smallest absolute Gasteiger partial charge is 0.231 e. The number of fused-ring (bicyclic) bond motifs is 1. The van der Waals surface area contributed by atoms with Crippen LogP contribution in [-0.2, 0) is 11.3 Å². The van der Waals surface area contributed by atoms with Gasteiger partial charge in [0.2, 0.25) is 12.7 Å². The molecule has 1 aromatic rings. The van der Waals surface area contributed by atoms with Crippen LogP contribution in [0.2, 0.25) is 0 Å². The van der Waals surface area contributed by atoms with E-state index in [0.717, 1.165) is 29.9 Å². The Bertz CT molecular complexity index is 455. The van der Waals surface area contributed by atoms with Crippen molar-refractivity contribution in [2.24, 2.45) is 5.92 Å². The number of benzene rings is 1. The van der Waals surface area contributed by atoms with Crippen molar-refractivity contribution in [3.05, 3.63) is 23.8 Å². The molecule has 1 aromatic carbocycles. The van der Waals surface area contributed by atoms with Gasteiger partial charge < -0.3 is 14.4 Å². The van der Waals surface area contributed by atoms with Gasteiger partial charge in [-0.2, -0.15) is 0 Å². The number of nitrogens with zero attached hydrogens (tertiary/aromatic N) is 1. The topological polar surface area (TPSA) is 38.8 Å². The second-order valence-corrected chi connectivity index (χ2v) is 4.90. The molecule has 1 heterocycles. The van der Waals surface area contributed by atoms with Gasteiger partial charge in [-0.3, -0.25) is 4.79 Å². The number of ether oxygens (including phenoxy) is 2. The van der Waals surface area contributed by atoms with Crippen molar-refractivity contribution in [1.29, 1.82) is 0 Å². The molecule has 19 heavy (non-hydrogen) atoms. The zero-order chi connectivity index (χ0) is 13.8. The molecule has 4 nitrogen and oxygen atoms in total. The molecule has 1 amide bonds. The monoisotopic (exact) mass is 263 g/mol. The van der Waals surface area contributed by atoms with Crippen molar-refractivity contribution in [3.8, 4) is 11.5 Å². The van der Waals surface area contributed by atoms with E-state index in [1.165, 1.54) is 0 Å². The molecule has 0 aromatic heterocycles. The lowest BCUT2D eigenvalue weighted by atomic mass is 10.0. The first kappa shape index (κ1) is 13.7. The summed E-state index contributed by atoms with van der Waals surface area (Å²) in [6, 6.07) is 5.82. The van der Waals surface area contributed by atoms with Crippen molar-refractivity contribution in [1.82, 2.24) is 4.90 Å². The molecule has 0 fully saturated rings. The van der Waals surface area contributed by atoms with Crippen molar-refractivity contribution >= 4 is 5.91 Å². The summed E-state index contributed by atoms with van der Waals surface area (Å²) >= 11 is 0. The third kappa shape index (κ3) is 3.00. The molecule has 104 valence electrons. The highest BCUT2D eigenvalue weighted by atomic mass is 16.7. The van der Waals surface area contributed by atoms with Gasteiger partial charge in [0.05, 0.1) is 0 Å². The third-order valence-corrected chi connectivity index (χ3v) is 3.57.